The summed E-state index contributed by atoms with van der Waals surface area (Å²) >= 11 is 0. The minimum Gasteiger partial charge on any atom is -0.445 e. The van der Waals surface area contributed by atoms with Crippen LogP contribution in [0.25, 0.3) is 11.0 Å². The maximum absolute atomic E-state index is 12.5. The molecule has 74 valence electrons. The number of aromatic amines is 2. The number of nitrogens with one attached hydrogen (secondary N) is 2. The van der Waals surface area contributed by atoms with Gasteiger partial charge in [0, 0.05) is 5.52 Å². The number of hydrogen-bond acceptors (Lipinski definition) is 1. The van der Waals surface area contributed by atoms with Crippen molar-refractivity contribution >= 4 is 23.5 Å². The maximum Gasteiger partial charge on any atom is 1.00 e. The maximum atomic E-state index is 12.5. The minimum absolute atomic E-state index is 0. The molecule has 2 rings (SSSR count). The average Bonchev–Trinajstić information content (AvgIpc) is 2.41. The summed E-state index contributed by atoms with van der Waals surface area (Å²) in [5, 5.41) is 0. The summed E-state index contributed by atoms with van der Waals surface area (Å²) < 4.78 is 37.4. The SMILES string of the molecule is O=c1[nH]c2cccc([B-](F)(F)F)c2[nH]1.[K+]. The Morgan fingerprint density at radius 1 is 1.13 bits per heavy atom. The van der Waals surface area contributed by atoms with Crippen molar-refractivity contribution in [2.75, 3.05) is 0 Å². The van der Waals surface area contributed by atoms with Gasteiger partial charge in [-0.2, -0.15) is 0 Å². The van der Waals surface area contributed by atoms with Gasteiger partial charge in [0.05, 0.1) is 5.52 Å². The first-order valence-electron chi connectivity index (χ1n) is 3.89. The summed E-state index contributed by atoms with van der Waals surface area (Å²) in [7, 11) is 0. The molecular formula is C7H5BF3KN2O. The Morgan fingerprint density at radius 3 is 2.40 bits per heavy atom. The van der Waals surface area contributed by atoms with E-state index in [1.807, 2.05) is 0 Å². The molecule has 1 aromatic carbocycles. The first kappa shape index (κ1) is 13.0. The first-order chi connectivity index (χ1) is 6.48. The number of para-hydroxylation sites is 1. The number of imidazole rings is 1. The predicted molar refractivity (Wildman–Crippen MR) is 47.6 cm³/mol. The molecule has 1 aromatic heterocycles. The van der Waals surface area contributed by atoms with Gasteiger partial charge in [-0.15, -0.1) is 0 Å². The summed E-state index contributed by atoms with van der Waals surface area (Å²) in [6.07, 6.45) is 0. The van der Waals surface area contributed by atoms with Gasteiger partial charge >= 0.3 is 64.1 Å². The minimum atomic E-state index is -5.09. The molecule has 2 N–H and O–H groups in total. The van der Waals surface area contributed by atoms with Gasteiger partial charge < -0.3 is 22.9 Å². The summed E-state index contributed by atoms with van der Waals surface area (Å²) in [5.74, 6) is 0. The van der Waals surface area contributed by atoms with E-state index in [0.717, 1.165) is 6.07 Å². The molecule has 0 aliphatic rings. The van der Waals surface area contributed by atoms with Crippen LogP contribution in [0.2, 0.25) is 0 Å². The van der Waals surface area contributed by atoms with Crippen LogP contribution in [-0.4, -0.2) is 16.9 Å². The van der Waals surface area contributed by atoms with Crippen molar-refractivity contribution in [1.82, 2.24) is 9.97 Å². The third kappa shape index (κ3) is 2.56. The Bertz CT molecular complexity index is 533. The number of fused-ring (bicyclic) bond motifs is 1. The van der Waals surface area contributed by atoms with Crippen LogP contribution in [0, 0.1) is 0 Å². The molecule has 0 aliphatic heterocycles. The van der Waals surface area contributed by atoms with Crippen molar-refractivity contribution in [3.05, 3.63) is 28.7 Å². The van der Waals surface area contributed by atoms with Crippen LogP contribution in [0.1, 0.15) is 0 Å². The molecule has 0 atom stereocenters. The van der Waals surface area contributed by atoms with Crippen molar-refractivity contribution in [1.29, 1.82) is 0 Å². The van der Waals surface area contributed by atoms with Crippen LogP contribution in [0.4, 0.5) is 12.9 Å². The van der Waals surface area contributed by atoms with Crippen LogP contribution < -0.4 is 62.5 Å². The van der Waals surface area contributed by atoms with E-state index in [-0.39, 0.29) is 62.4 Å². The van der Waals surface area contributed by atoms with E-state index in [2.05, 4.69) is 9.97 Å². The summed E-state index contributed by atoms with van der Waals surface area (Å²) in [5.41, 5.74) is -1.41. The molecule has 0 saturated carbocycles. The molecule has 0 unspecified atom stereocenters. The second-order valence-corrected chi connectivity index (χ2v) is 2.92. The fourth-order valence-electron chi connectivity index (χ4n) is 1.35. The van der Waals surface area contributed by atoms with Gasteiger partial charge in [-0.1, -0.05) is 17.6 Å². The second-order valence-electron chi connectivity index (χ2n) is 2.92. The molecule has 0 bridgehead atoms. The van der Waals surface area contributed by atoms with Crippen LogP contribution in [0.5, 0.6) is 0 Å². The summed E-state index contributed by atoms with van der Waals surface area (Å²) in [6.45, 7) is -5.09. The van der Waals surface area contributed by atoms with E-state index in [1.165, 1.54) is 12.1 Å². The molecule has 0 saturated heterocycles. The largest absolute Gasteiger partial charge is 1.00 e. The van der Waals surface area contributed by atoms with Crippen molar-refractivity contribution in [3.8, 4) is 0 Å². The van der Waals surface area contributed by atoms with Crippen molar-refractivity contribution in [2.45, 2.75) is 0 Å². The Morgan fingerprint density at radius 2 is 1.80 bits per heavy atom. The van der Waals surface area contributed by atoms with E-state index in [1.54, 1.807) is 0 Å². The zero-order valence-corrected chi connectivity index (χ0v) is 11.0. The van der Waals surface area contributed by atoms with Gasteiger partial charge in [-0.3, -0.25) is 0 Å². The molecule has 0 fully saturated rings. The molecule has 0 spiro atoms. The van der Waals surface area contributed by atoms with Crippen molar-refractivity contribution in [2.24, 2.45) is 0 Å². The summed E-state index contributed by atoms with van der Waals surface area (Å²) in [4.78, 5) is 15.2. The number of H-pyrrole nitrogens is 2. The number of benzene rings is 1. The Kier molecular flexibility index (Phi) is 3.88. The van der Waals surface area contributed by atoms with Crippen LogP contribution in [-0.2, 0) is 0 Å². The average molecular weight is 240 g/mol. The van der Waals surface area contributed by atoms with Crippen molar-refractivity contribution < 1.29 is 64.3 Å². The predicted octanol–water partition coefficient (Wildman–Crippen LogP) is -2.09. The zero-order valence-electron chi connectivity index (χ0n) is 7.85. The van der Waals surface area contributed by atoms with E-state index in [9.17, 15) is 17.7 Å². The normalized spacial score (nSPS) is 11.4. The third-order valence-corrected chi connectivity index (χ3v) is 1.94. The smallest absolute Gasteiger partial charge is 0.445 e. The summed E-state index contributed by atoms with van der Waals surface area (Å²) in [6, 6.07) is 3.63. The quantitative estimate of drug-likeness (QED) is 0.552. The fourth-order valence-corrected chi connectivity index (χ4v) is 1.35. The van der Waals surface area contributed by atoms with E-state index in [0.29, 0.717) is 0 Å². The molecule has 15 heavy (non-hydrogen) atoms. The molecule has 0 aliphatic carbocycles. The monoisotopic (exact) mass is 240 g/mol. The van der Waals surface area contributed by atoms with E-state index in [4.69, 9.17) is 0 Å². The van der Waals surface area contributed by atoms with Crippen LogP contribution in [0.15, 0.2) is 23.0 Å². The van der Waals surface area contributed by atoms with Gasteiger partial charge in [0.25, 0.3) is 0 Å². The van der Waals surface area contributed by atoms with Gasteiger partial charge in [0.1, 0.15) is 0 Å². The number of rotatable bonds is 1. The third-order valence-electron chi connectivity index (χ3n) is 1.94. The van der Waals surface area contributed by atoms with Gasteiger partial charge in [0.2, 0.25) is 0 Å². The molecule has 2 aromatic rings. The standard InChI is InChI=1S/C7H5BF3N2O.K/c9-8(10,11)4-2-1-3-5-6(4)13-7(14)12-5;/h1-3H,(H2,12,13,14);/q-1;+1. The second kappa shape index (κ2) is 4.46. The fraction of sp³-hybridized carbons (Fsp3) is 0. The van der Waals surface area contributed by atoms with Gasteiger partial charge in [0.15, 0.2) is 0 Å². The van der Waals surface area contributed by atoms with Crippen LogP contribution in [0.3, 0.4) is 0 Å². The molecular weight excluding hydrogens is 235 g/mol. The molecule has 1 heterocycles. The first-order valence-corrected chi connectivity index (χ1v) is 3.89. The van der Waals surface area contributed by atoms with Crippen molar-refractivity contribution in [3.63, 3.8) is 0 Å². The topological polar surface area (TPSA) is 48.6 Å². The molecule has 3 nitrogen and oxygen atoms in total. The van der Waals surface area contributed by atoms with E-state index >= 15 is 0 Å². The Balaban J connectivity index is 0.00000112. The zero-order chi connectivity index (χ0) is 10.3. The number of aromatic nitrogens is 2. The van der Waals surface area contributed by atoms with E-state index < -0.39 is 18.1 Å². The van der Waals surface area contributed by atoms with Gasteiger partial charge in [-0.05, 0) is 6.07 Å². The Hall–Kier alpha value is -0.0187. The molecule has 0 amide bonds. The molecule has 8 heteroatoms. The van der Waals surface area contributed by atoms with Gasteiger partial charge in [-0.25, -0.2) is 4.79 Å². The number of hydrogen-bond donors (Lipinski definition) is 2. The Labute approximate surface area is 125 Å². The van der Waals surface area contributed by atoms with Crippen LogP contribution >= 0.6 is 0 Å². The molecule has 0 radical (unpaired) electrons. The number of halogens is 3.